The standard InChI is InChI=1S/C11H22N2/c1-13(2)8-7-11(9-3-4-9)12-10-5-6-10/h9-12H,3-8H2,1-2H3. The third-order valence-electron chi connectivity index (χ3n) is 3.11. The topological polar surface area (TPSA) is 15.3 Å². The van der Waals surface area contributed by atoms with Crippen LogP contribution in [-0.4, -0.2) is 37.6 Å². The Morgan fingerprint density at radius 3 is 2.38 bits per heavy atom. The SMILES string of the molecule is CN(C)CCC(NC1CC1)C1CC1. The van der Waals surface area contributed by atoms with Crippen molar-refractivity contribution in [3.05, 3.63) is 0 Å². The van der Waals surface area contributed by atoms with Crippen molar-refractivity contribution in [2.75, 3.05) is 20.6 Å². The van der Waals surface area contributed by atoms with Gasteiger partial charge in [0.1, 0.15) is 0 Å². The van der Waals surface area contributed by atoms with Gasteiger partial charge >= 0.3 is 0 Å². The Kier molecular flexibility index (Phi) is 2.89. The van der Waals surface area contributed by atoms with Crippen molar-refractivity contribution in [3.63, 3.8) is 0 Å². The summed E-state index contributed by atoms with van der Waals surface area (Å²) in [5.74, 6) is 1.01. The third-order valence-corrected chi connectivity index (χ3v) is 3.11. The van der Waals surface area contributed by atoms with Gasteiger partial charge in [0.15, 0.2) is 0 Å². The highest BCUT2D eigenvalue weighted by Gasteiger charge is 2.34. The number of rotatable bonds is 6. The summed E-state index contributed by atoms with van der Waals surface area (Å²) in [7, 11) is 4.34. The minimum absolute atomic E-state index is 0.829. The Labute approximate surface area is 81.7 Å². The van der Waals surface area contributed by atoms with Crippen LogP contribution in [0.3, 0.4) is 0 Å². The molecule has 0 aromatic carbocycles. The van der Waals surface area contributed by atoms with E-state index in [1.165, 1.54) is 38.6 Å². The maximum absolute atomic E-state index is 3.78. The van der Waals surface area contributed by atoms with Gasteiger partial charge < -0.3 is 10.2 Å². The van der Waals surface area contributed by atoms with E-state index in [2.05, 4.69) is 24.3 Å². The highest BCUT2D eigenvalue weighted by molar-refractivity contribution is 4.92. The van der Waals surface area contributed by atoms with Crippen LogP contribution in [-0.2, 0) is 0 Å². The Bertz CT molecular complexity index is 159. The van der Waals surface area contributed by atoms with E-state index in [0.717, 1.165) is 18.0 Å². The molecule has 2 rings (SSSR count). The zero-order chi connectivity index (χ0) is 9.26. The fraction of sp³-hybridized carbons (Fsp3) is 1.00. The summed E-state index contributed by atoms with van der Waals surface area (Å²) < 4.78 is 0. The second kappa shape index (κ2) is 3.97. The van der Waals surface area contributed by atoms with E-state index in [4.69, 9.17) is 0 Å². The van der Waals surface area contributed by atoms with Crippen molar-refractivity contribution in [3.8, 4) is 0 Å². The molecule has 2 fully saturated rings. The molecule has 0 spiro atoms. The second-order valence-electron chi connectivity index (χ2n) is 4.98. The monoisotopic (exact) mass is 182 g/mol. The van der Waals surface area contributed by atoms with Gasteiger partial charge in [-0.3, -0.25) is 0 Å². The molecule has 2 aliphatic rings. The number of nitrogens with one attached hydrogen (secondary N) is 1. The molecule has 0 aliphatic heterocycles. The van der Waals surface area contributed by atoms with E-state index in [9.17, 15) is 0 Å². The molecule has 0 bridgehead atoms. The minimum Gasteiger partial charge on any atom is -0.311 e. The fourth-order valence-corrected chi connectivity index (χ4v) is 1.90. The summed E-state index contributed by atoms with van der Waals surface area (Å²) in [6, 6.07) is 1.71. The lowest BCUT2D eigenvalue weighted by Crippen LogP contribution is -2.35. The molecule has 0 aromatic rings. The molecular weight excluding hydrogens is 160 g/mol. The van der Waals surface area contributed by atoms with Crippen LogP contribution >= 0.6 is 0 Å². The Morgan fingerprint density at radius 1 is 1.23 bits per heavy atom. The van der Waals surface area contributed by atoms with Crippen molar-refractivity contribution in [1.29, 1.82) is 0 Å². The van der Waals surface area contributed by atoms with Gasteiger partial charge in [-0.1, -0.05) is 0 Å². The fourth-order valence-electron chi connectivity index (χ4n) is 1.90. The van der Waals surface area contributed by atoms with Crippen molar-refractivity contribution < 1.29 is 0 Å². The molecule has 0 saturated heterocycles. The van der Waals surface area contributed by atoms with Crippen LogP contribution in [0, 0.1) is 5.92 Å². The summed E-state index contributed by atoms with van der Waals surface area (Å²) in [6.45, 7) is 1.24. The lowest BCUT2D eigenvalue weighted by atomic mass is 10.1. The lowest BCUT2D eigenvalue weighted by Gasteiger charge is -2.20. The molecule has 1 unspecified atom stereocenters. The number of hydrogen-bond donors (Lipinski definition) is 1. The van der Waals surface area contributed by atoms with E-state index in [0.29, 0.717) is 0 Å². The highest BCUT2D eigenvalue weighted by atomic mass is 15.1. The first kappa shape index (κ1) is 9.47. The molecule has 0 radical (unpaired) electrons. The Morgan fingerprint density at radius 2 is 1.92 bits per heavy atom. The van der Waals surface area contributed by atoms with Crippen molar-refractivity contribution in [2.45, 2.75) is 44.2 Å². The first-order chi connectivity index (χ1) is 6.25. The minimum atomic E-state index is 0.829. The molecule has 2 saturated carbocycles. The van der Waals surface area contributed by atoms with Crippen LogP contribution < -0.4 is 5.32 Å². The quantitative estimate of drug-likeness (QED) is 0.669. The van der Waals surface area contributed by atoms with Gasteiger partial charge in [0, 0.05) is 12.1 Å². The zero-order valence-electron chi connectivity index (χ0n) is 8.92. The van der Waals surface area contributed by atoms with Crippen LogP contribution in [0.5, 0.6) is 0 Å². The van der Waals surface area contributed by atoms with E-state index in [-0.39, 0.29) is 0 Å². The molecule has 76 valence electrons. The summed E-state index contributed by atoms with van der Waals surface area (Å²) in [4.78, 5) is 2.30. The first-order valence-electron chi connectivity index (χ1n) is 5.66. The molecule has 0 aromatic heterocycles. The van der Waals surface area contributed by atoms with Crippen LogP contribution in [0.4, 0.5) is 0 Å². The largest absolute Gasteiger partial charge is 0.311 e. The first-order valence-corrected chi connectivity index (χ1v) is 5.66. The van der Waals surface area contributed by atoms with Crippen molar-refractivity contribution in [1.82, 2.24) is 10.2 Å². The molecule has 1 atom stereocenters. The summed E-state index contributed by atoms with van der Waals surface area (Å²) in [5, 5.41) is 3.78. The third kappa shape index (κ3) is 3.28. The van der Waals surface area contributed by atoms with E-state index < -0.39 is 0 Å². The molecule has 0 heterocycles. The Hall–Kier alpha value is -0.0800. The van der Waals surface area contributed by atoms with Crippen molar-refractivity contribution >= 4 is 0 Å². The van der Waals surface area contributed by atoms with Gasteiger partial charge in [-0.25, -0.2) is 0 Å². The van der Waals surface area contributed by atoms with Gasteiger partial charge in [-0.15, -0.1) is 0 Å². The molecule has 0 amide bonds. The molecule has 2 aliphatic carbocycles. The summed E-state index contributed by atoms with van der Waals surface area (Å²) >= 11 is 0. The van der Waals surface area contributed by atoms with Crippen LogP contribution in [0.15, 0.2) is 0 Å². The smallest absolute Gasteiger partial charge is 0.0110 e. The highest BCUT2D eigenvalue weighted by Crippen LogP contribution is 2.35. The van der Waals surface area contributed by atoms with E-state index in [1.807, 2.05) is 0 Å². The van der Waals surface area contributed by atoms with Crippen LogP contribution in [0.1, 0.15) is 32.1 Å². The Balaban J connectivity index is 1.68. The number of hydrogen-bond acceptors (Lipinski definition) is 2. The predicted molar refractivity (Wildman–Crippen MR) is 55.8 cm³/mol. The molecule has 2 nitrogen and oxygen atoms in total. The molecule has 1 N–H and O–H groups in total. The summed E-state index contributed by atoms with van der Waals surface area (Å²) in [6.07, 6.45) is 7.13. The number of nitrogens with zero attached hydrogens (tertiary/aromatic N) is 1. The molecule has 13 heavy (non-hydrogen) atoms. The van der Waals surface area contributed by atoms with Gasteiger partial charge in [0.25, 0.3) is 0 Å². The predicted octanol–water partition coefficient (Wildman–Crippen LogP) is 1.47. The molecular formula is C11H22N2. The average molecular weight is 182 g/mol. The zero-order valence-corrected chi connectivity index (χ0v) is 8.92. The van der Waals surface area contributed by atoms with Gasteiger partial charge in [0.2, 0.25) is 0 Å². The maximum Gasteiger partial charge on any atom is 0.0110 e. The van der Waals surface area contributed by atoms with E-state index >= 15 is 0 Å². The van der Waals surface area contributed by atoms with Crippen LogP contribution in [0.25, 0.3) is 0 Å². The maximum atomic E-state index is 3.78. The second-order valence-corrected chi connectivity index (χ2v) is 4.98. The average Bonchev–Trinajstić information content (AvgIpc) is 2.88. The van der Waals surface area contributed by atoms with E-state index in [1.54, 1.807) is 0 Å². The van der Waals surface area contributed by atoms with Gasteiger partial charge in [-0.2, -0.15) is 0 Å². The molecule has 2 heteroatoms. The van der Waals surface area contributed by atoms with Gasteiger partial charge in [-0.05, 0) is 58.7 Å². The van der Waals surface area contributed by atoms with Crippen LogP contribution in [0.2, 0.25) is 0 Å². The van der Waals surface area contributed by atoms with Crippen molar-refractivity contribution in [2.24, 2.45) is 5.92 Å². The normalized spacial score (nSPS) is 25.2. The van der Waals surface area contributed by atoms with Gasteiger partial charge in [0.05, 0.1) is 0 Å². The lowest BCUT2D eigenvalue weighted by molar-refractivity contribution is 0.339. The summed E-state index contributed by atoms with van der Waals surface area (Å²) in [5.41, 5.74) is 0.